The van der Waals surface area contributed by atoms with Crippen molar-refractivity contribution < 1.29 is 14.5 Å². The van der Waals surface area contributed by atoms with Gasteiger partial charge >= 0.3 is 0 Å². The molecule has 1 aliphatic carbocycles. The van der Waals surface area contributed by atoms with Gasteiger partial charge in [-0.2, -0.15) is 0 Å². The summed E-state index contributed by atoms with van der Waals surface area (Å²) in [6, 6.07) is 0. The Morgan fingerprint density at radius 1 is 1.11 bits per heavy atom. The maximum atomic E-state index is 12.3. The molecule has 5 nitrogen and oxygen atoms in total. The van der Waals surface area contributed by atoms with Crippen molar-refractivity contribution in [3.05, 3.63) is 10.1 Å². The van der Waals surface area contributed by atoms with Crippen LogP contribution in [0.1, 0.15) is 70.6 Å². The van der Waals surface area contributed by atoms with Crippen molar-refractivity contribution in [1.29, 1.82) is 0 Å². The number of hydrogen-bond acceptors (Lipinski definition) is 4. The van der Waals surface area contributed by atoms with Gasteiger partial charge in [0.05, 0.1) is 0 Å². The molecule has 0 N–H and O–H groups in total. The normalized spacial score (nSPS) is 26.4. The van der Waals surface area contributed by atoms with Crippen LogP contribution >= 0.6 is 0 Å². The van der Waals surface area contributed by atoms with E-state index in [1.807, 2.05) is 0 Å². The van der Waals surface area contributed by atoms with Crippen LogP contribution in [0.2, 0.25) is 0 Å². The highest BCUT2D eigenvalue weighted by Gasteiger charge is 2.48. The summed E-state index contributed by atoms with van der Waals surface area (Å²) in [5.41, 5.74) is -1.51. The van der Waals surface area contributed by atoms with Gasteiger partial charge in [0.25, 0.3) is 5.54 Å². The number of hydrogen-bond donors (Lipinski definition) is 0. The zero-order valence-electron chi connectivity index (χ0n) is 11.4. The van der Waals surface area contributed by atoms with Gasteiger partial charge in [0.1, 0.15) is 6.29 Å². The molecular formula is C14H23NO4. The number of nitrogens with zero attached hydrogens (tertiary/aromatic N) is 1. The fourth-order valence-electron chi connectivity index (χ4n) is 2.81. The maximum Gasteiger partial charge on any atom is 0.279 e. The lowest BCUT2D eigenvalue weighted by molar-refractivity contribution is -0.554. The third kappa shape index (κ3) is 4.40. The van der Waals surface area contributed by atoms with Crippen LogP contribution in [0, 0.1) is 10.1 Å². The Bertz CT molecular complexity index is 329. The lowest BCUT2D eigenvalue weighted by Gasteiger charge is -2.23. The Labute approximate surface area is 113 Å². The van der Waals surface area contributed by atoms with Gasteiger partial charge in [-0.3, -0.25) is 14.9 Å². The Hall–Kier alpha value is -1.26. The molecule has 1 unspecified atom stereocenters. The third-order valence-electron chi connectivity index (χ3n) is 4.04. The van der Waals surface area contributed by atoms with E-state index in [2.05, 4.69) is 0 Å². The monoisotopic (exact) mass is 269 g/mol. The summed E-state index contributed by atoms with van der Waals surface area (Å²) in [6.07, 6.45) is 8.04. The molecule has 1 atom stereocenters. The van der Waals surface area contributed by atoms with Crippen LogP contribution in [0.3, 0.4) is 0 Å². The number of rotatable bonds is 4. The Kier molecular flexibility index (Phi) is 6.67. The highest BCUT2D eigenvalue weighted by Crippen LogP contribution is 2.29. The van der Waals surface area contributed by atoms with Gasteiger partial charge in [-0.05, 0) is 12.8 Å². The van der Waals surface area contributed by atoms with Crippen LogP contribution < -0.4 is 0 Å². The number of carbonyl (C=O) groups excluding carboxylic acids is 2. The van der Waals surface area contributed by atoms with Crippen molar-refractivity contribution >= 4 is 12.1 Å². The molecule has 0 saturated heterocycles. The van der Waals surface area contributed by atoms with Crippen molar-refractivity contribution in [1.82, 2.24) is 0 Å². The van der Waals surface area contributed by atoms with Crippen molar-refractivity contribution in [2.75, 3.05) is 0 Å². The molecule has 5 heteroatoms. The molecule has 0 aromatic rings. The molecule has 0 bridgehead atoms. The summed E-state index contributed by atoms with van der Waals surface area (Å²) in [4.78, 5) is 33.7. The van der Waals surface area contributed by atoms with Gasteiger partial charge in [-0.25, -0.2) is 0 Å². The minimum Gasteiger partial charge on any atom is -0.303 e. The number of ketones is 1. The second-order valence-corrected chi connectivity index (χ2v) is 5.39. The van der Waals surface area contributed by atoms with Crippen LogP contribution in [0.25, 0.3) is 0 Å². The summed E-state index contributed by atoms with van der Waals surface area (Å²) >= 11 is 0. The topological polar surface area (TPSA) is 77.3 Å². The molecule has 1 rings (SSSR count). The average Bonchev–Trinajstić information content (AvgIpc) is 2.42. The lowest BCUT2D eigenvalue weighted by atomic mass is 9.82. The van der Waals surface area contributed by atoms with Gasteiger partial charge in [0, 0.05) is 30.6 Å². The number of nitro groups is 1. The Balaban J connectivity index is 2.85. The quantitative estimate of drug-likeness (QED) is 0.446. The molecular weight excluding hydrogens is 246 g/mol. The predicted octanol–water partition coefficient (Wildman–Crippen LogP) is 3.07. The van der Waals surface area contributed by atoms with E-state index in [9.17, 15) is 19.7 Å². The van der Waals surface area contributed by atoms with Crippen LogP contribution in [0.15, 0.2) is 0 Å². The molecule has 0 aromatic heterocycles. The Morgan fingerprint density at radius 3 is 2.26 bits per heavy atom. The molecule has 19 heavy (non-hydrogen) atoms. The zero-order valence-corrected chi connectivity index (χ0v) is 11.4. The van der Waals surface area contributed by atoms with E-state index in [1.165, 1.54) is 0 Å². The summed E-state index contributed by atoms with van der Waals surface area (Å²) in [5, 5.41) is 11.4. The zero-order chi connectivity index (χ0) is 14.1. The fraction of sp³-hybridized carbons (Fsp3) is 0.857. The van der Waals surface area contributed by atoms with Gasteiger partial charge in [0.2, 0.25) is 5.78 Å². The van der Waals surface area contributed by atoms with Crippen LogP contribution in [0.5, 0.6) is 0 Å². The molecule has 0 aliphatic heterocycles. The lowest BCUT2D eigenvalue weighted by Crippen LogP contribution is -2.46. The molecule has 108 valence electrons. The summed E-state index contributed by atoms with van der Waals surface area (Å²) < 4.78 is 0. The van der Waals surface area contributed by atoms with E-state index in [4.69, 9.17) is 0 Å². The second kappa shape index (κ2) is 8.02. The average molecular weight is 269 g/mol. The van der Waals surface area contributed by atoms with Crippen LogP contribution in [-0.2, 0) is 9.59 Å². The van der Waals surface area contributed by atoms with E-state index in [0.29, 0.717) is 12.7 Å². The molecule has 1 saturated carbocycles. The van der Waals surface area contributed by atoms with Gasteiger partial charge in [0.15, 0.2) is 0 Å². The van der Waals surface area contributed by atoms with Crippen molar-refractivity contribution in [2.45, 2.75) is 76.2 Å². The summed E-state index contributed by atoms with van der Waals surface area (Å²) in [5.74, 6) is -0.277. The molecule has 0 radical (unpaired) electrons. The van der Waals surface area contributed by atoms with E-state index in [0.717, 1.165) is 38.5 Å². The van der Waals surface area contributed by atoms with Crippen molar-refractivity contribution in [3.8, 4) is 0 Å². The molecule has 1 aliphatic rings. The van der Waals surface area contributed by atoms with Gasteiger partial charge < -0.3 is 4.79 Å². The first-order valence-electron chi connectivity index (χ1n) is 7.25. The Morgan fingerprint density at radius 2 is 1.68 bits per heavy atom. The van der Waals surface area contributed by atoms with Gasteiger partial charge in [-0.15, -0.1) is 0 Å². The predicted molar refractivity (Wildman–Crippen MR) is 71.6 cm³/mol. The maximum absolute atomic E-state index is 12.3. The standard InChI is InChI=1S/C14H23NO4/c16-12-8-11-14(15(18)19)10-7-5-3-1-2-4-6-9-13(14)17/h12H,1-11H2. The largest absolute Gasteiger partial charge is 0.303 e. The fourth-order valence-corrected chi connectivity index (χ4v) is 2.81. The number of carbonyl (C=O) groups is 2. The smallest absolute Gasteiger partial charge is 0.279 e. The van der Waals surface area contributed by atoms with Crippen molar-refractivity contribution in [3.63, 3.8) is 0 Å². The molecule has 0 aromatic carbocycles. The van der Waals surface area contributed by atoms with Crippen LogP contribution in [0.4, 0.5) is 0 Å². The number of Topliss-reactive ketones (excluding diaryl/α,β-unsaturated/α-hetero) is 1. The van der Waals surface area contributed by atoms with Gasteiger partial charge in [-0.1, -0.05) is 32.1 Å². The highest BCUT2D eigenvalue weighted by molar-refractivity contribution is 5.87. The third-order valence-corrected chi connectivity index (χ3v) is 4.04. The van der Waals surface area contributed by atoms with E-state index in [-0.39, 0.29) is 31.5 Å². The minimum absolute atomic E-state index is 0.0579. The van der Waals surface area contributed by atoms with Crippen molar-refractivity contribution in [2.24, 2.45) is 0 Å². The SMILES string of the molecule is O=CCCC1([N+](=O)[O-])CCCCCCCCCC1=O. The van der Waals surface area contributed by atoms with E-state index >= 15 is 0 Å². The molecule has 0 amide bonds. The summed E-state index contributed by atoms with van der Waals surface area (Å²) in [7, 11) is 0. The molecule has 0 spiro atoms. The van der Waals surface area contributed by atoms with E-state index in [1.54, 1.807) is 0 Å². The van der Waals surface area contributed by atoms with Crippen LogP contribution in [-0.4, -0.2) is 22.5 Å². The molecule has 0 heterocycles. The van der Waals surface area contributed by atoms with E-state index < -0.39 is 10.5 Å². The highest BCUT2D eigenvalue weighted by atomic mass is 16.6. The number of aldehydes is 1. The summed E-state index contributed by atoms with van der Waals surface area (Å²) in [6.45, 7) is 0. The first-order valence-corrected chi connectivity index (χ1v) is 7.25. The minimum atomic E-state index is -1.51. The first-order chi connectivity index (χ1) is 9.13. The second-order valence-electron chi connectivity index (χ2n) is 5.39. The first kappa shape index (κ1) is 15.8. The molecule has 1 fully saturated rings.